The summed E-state index contributed by atoms with van der Waals surface area (Å²) < 4.78 is 1.88. The highest BCUT2D eigenvalue weighted by Gasteiger charge is 2.29. The van der Waals surface area contributed by atoms with E-state index in [9.17, 15) is 0 Å². The predicted octanol–water partition coefficient (Wildman–Crippen LogP) is 0.438. The molecule has 0 aliphatic rings. The van der Waals surface area contributed by atoms with Gasteiger partial charge in [0.15, 0.2) is 0 Å². The summed E-state index contributed by atoms with van der Waals surface area (Å²) >= 11 is 0. The Morgan fingerprint density at radius 3 is 2.69 bits per heavy atom. The molecule has 4 heteroatoms. The van der Waals surface area contributed by atoms with Gasteiger partial charge >= 0.3 is 0 Å². The topological polar surface area (TPSA) is 64.1 Å². The number of hydrogen-bond donors (Lipinski definition) is 2. The zero-order valence-corrected chi connectivity index (χ0v) is 8.36. The van der Waals surface area contributed by atoms with Gasteiger partial charge in [-0.25, -0.2) is 4.98 Å². The van der Waals surface area contributed by atoms with Crippen molar-refractivity contribution < 1.29 is 5.11 Å². The van der Waals surface area contributed by atoms with E-state index in [1.165, 1.54) is 0 Å². The first-order valence-corrected chi connectivity index (χ1v) is 4.32. The summed E-state index contributed by atoms with van der Waals surface area (Å²) in [6.07, 6.45) is 3.56. The number of nitrogens with two attached hydrogens (primary N) is 1. The molecular formula is C9H17N3O. The second-order valence-electron chi connectivity index (χ2n) is 4.02. The number of imidazole rings is 1. The Morgan fingerprint density at radius 2 is 2.31 bits per heavy atom. The second-order valence-corrected chi connectivity index (χ2v) is 4.02. The number of aliphatic hydroxyl groups excluding tert-OH is 1. The van der Waals surface area contributed by atoms with E-state index in [0.29, 0.717) is 0 Å². The molecule has 0 amide bonds. The van der Waals surface area contributed by atoms with Crippen LogP contribution in [0.15, 0.2) is 12.4 Å². The van der Waals surface area contributed by atoms with Crippen LogP contribution in [-0.2, 0) is 7.05 Å². The van der Waals surface area contributed by atoms with E-state index in [2.05, 4.69) is 4.98 Å². The van der Waals surface area contributed by atoms with Gasteiger partial charge in [0, 0.05) is 24.9 Å². The van der Waals surface area contributed by atoms with Crippen molar-refractivity contribution in [3.05, 3.63) is 18.2 Å². The van der Waals surface area contributed by atoms with Crippen LogP contribution in [0.2, 0.25) is 0 Å². The van der Waals surface area contributed by atoms with Crippen LogP contribution in [0.3, 0.4) is 0 Å². The molecule has 13 heavy (non-hydrogen) atoms. The molecule has 0 aromatic carbocycles. The number of rotatable bonds is 3. The summed E-state index contributed by atoms with van der Waals surface area (Å²) in [5, 5.41) is 9.14. The molecule has 0 saturated carbocycles. The van der Waals surface area contributed by atoms with E-state index in [0.717, 1.165) is 5.82 Å². The summed E-state index contributed by atoms with van der Waals surface area (Å²) in [7, 11) is 1.90. The van der Waals surface area contributed by atoms with Crippen molar-refractivity contribution in [1.29, 1.82) is 0 Å². The van der Waals surface area contributed by atoms with E-state index in [4.69, 9.17) is 10.8 Å². The van der Waals surface area contributed by atoms with Crippen molar-refractivity contribution >= 4 is 0 Å². The standard InChI is InChI=1S/C9H17N3O/c1-9(2,6-13)7(10)8-11-4-5-12(8)3/h4-5,7,13H,6,10H2,1-3H3/t7-/m1/s1. The quantitative estimate of drug-likeness (QED) is 0.714. The first-order chi connectivity index (χ1) is 5.99. The van der Waals surface area contributed by atoms with Crippen LogP contribution >= 0.6 is 0 Å². The van der Waals surface area contributed by atoms with E-state index < -0.39 is 0 Å². The first-order valence-electron chi connectivity index (χ1n) is 4.32. The van der Waals surface area contributed by atoms with Crippen molar-refractivity contribution in [2.45, 2.75) is 19.9 Å². The lowest BCUT2D eigenvalue weighted by atomic mass is 9.85. The normalized spacial score (nSPS) is 14.5. The molecule has 0 saturated heterocycles. The maximum Gasteiger partial charge on any atom is 0.126 e. The Kier molecular flexibility index (Phi) is 2.73. The fourth-order valence-corrected chi connectivity index (χ4v) is 1.12. The molecule has 1 aromatic rings. The van der Waals surface area contributed by atoms with Gasteiger partial charge in [0.1, 0.15) is 5.82 Å². The number of hydrogen-bond acceptors (Lipinski definition) is 3. The third-order valence-corrected chi connectivity index (χ3v) is 2.39. The number of nitrogens with zero attached hydrogens (tertiary/aromatic N) is 2. The molecule has 3 N–H and O–H groups in total. The highest BCUT2D eigenvalue weighted by Crippen LogP contribution is 2.28. The van der Waals surface area contributed by atoms with Crippen LogP contribution in [-0.4, -0.2) is 21.3 Å². The Balaban J connectivity index is 2.91. The predicted molar refractivity (Wildman–Crippen MR) is 51.0 cm³/mol. The van der Waals surface area contributed by atoms with Gasteiger partial charge in [-0.05, 0) is 0 Å². The Bertz CT molecular complexity index is 280. The molecule has 0 bridgehead atoms. The summed E-state index contributed by atoms with van der Waals surface area (Å²) in [4.78, 5) is 4.16. The van der Waals surface area contributed by atoms with E-state index >= 15 is 0 Å². The molecular weight excluding hydrogens is 166 g/mol. The summed E-state index contributed by atoms with van der Waals surface area (Å²) in [6.45, 7) is 3.90. The molecule has 0 radical (unpaired) electrons. The Morgan fingerprint density at radius 1 is 1.69 bits per heavy atom. The van der Waals surface area contributed by atoms with Crippen LogP contribution in [0.4, 0.5) is 0 Å². The minimum atomic E-state index is -0.334. The van der Waals surface area contributed by atoms with Gasteiger partial charge in [-0.2, -0.15) is 0 Å². The lowest BCUT2D eigenvalue weighted by Crippen LogP contribution is -2.34. The lowest BCUT2D eigenvalue weighted by molar-refractivity contribution is 0.128. The lowest BCUT2D eigenvalue weighted by Gasteiger charge is -2.28. The molecule has 1 aromatic heterocycles. The minimum Gasteiger partial charge on any atom is -0.396 e. The molecule has 0 aliphatic carbocycles. The molecule has 1 rings (SSSR count). The van der Waals surface area contributed by atoms with Crippen LogP contribution in [0.1, 0.15) is 25.7 Å². The summed E-state index contributed by atoms with van der Waals surface area (Å²) in [5.41, 5.74) is 5.65. The zero-order valence-electron chi connectivity index (χ0n) is 8.36. The summed E-state index contributed by atoms with van der Waals surface area (Å²) in [5.74, 6) is 0.805. The largest absolute Gasteiger partial charge is 0.396 e. The third kappa shape index (κ3) is 1.89. The van der Waals surface area contributed by atoms with Crippen molar-refractivity contribution in [3.63, 3.8) is 0 Å². The van der Waals surface area contributed by atoms with Gasteiger partial charge in [-0.1, -0.05) is 13.8 Å². The summed E-state index contributed by atoms with van der Waals surface area (Å²) in [6, 6.07) is -0.238. The van der Waals surface area contributed by atoms with Gasteiger partial charge in [-0.3, -0.25) is 0 Å². The molecule has 1 atom stereocenters. The van der Waals surface area contributed by atoms with Crippen molar-refractivity contribution in [1.82, 2.24) is 9.55 Å². The van der Waals surface area contributed by atoms with E-state index in [-0.39, 0.29) is 18.1 Å². The first kappa shape index (κ1) is 10.2. The van der Waals surface area contributed by atoms with E-state index in [1.807, 2.05) is 31.7 Å². The van der Waals surface area contributed by atoms with Crippen molar-refractivity contribution in [3.8, 4) is 0 Å². The second kappa shape index (κ2) is 3.47. The van der Waals surface area contributed by atoms with Crippen molar-refractivity contribution in [2.24, 2.45) is 18.2 Å². The maximum atomic E-state index is 9.14. The van der Waals surface area contributed by atoms with Gasteiger partial charge in [-0.15, -0.1) is 0 Å². The molecule has 0 spiro atoms. The monoisotopic (exact) mass is 183 g/mol. The zero-order chi connectivity index (χ0) is 10.1. The van der Waals surface area contributed by atoms with Crippen LogP contribution in [0, 0.1) is 5.41 Å². The molecule has 1 heterocycles. The highest BCUT2D eigenvalue weighted by molar-refractivity contribution is 5.02. The SMILES string of the molecule is Cn1ccnc1[C@@H](N)C(C)(C)CO. The van der Waals surface area contributed by atoms with Crippen LogP contribution in [0.25, 0.3) is 0 Å². The Labute approximate surface area is 78.4 Å². The molecule has 74 valence electrons. The van der Waals surface area contributed by atoms with Gasteiger partial charge in [0.25, 0.3) is 0 Å². The average Bonchev–Trinajstić information content (AvgIpc) is 2.50. The van der Waals surface area contributed by atoms with Crippen LogP contribution < -0.4 is 5.73 Å². The number of aromatic nitrogens is 2. The maximum absolute atomic E-state index is 9.14. The smallest absolute Gasteiger partial charge is 0.126 e. The fraction of sp³-hybridized carbons (Fsp3) is 0.667. The number of aliphatic hydroxyl groups is 1. The van der Waals surface area contributed by atoms with Gasteiger partial charge in [0.05, 0.1) is 12.6 Å². The third-order valence-electron chi connectivity index (χ3n) is 2.39. The van der Waals surface area contributed by atoms with Crippen LogP contribution in [0.5, 0.6) is 0 Å². The molecule has 0 aliphatic heterocycles. The molecule has 0 unspecified atom stereocenters. The highest BCUT2D eigenvalue weighted by atomic mass is 16.3. The molecule has 0 fully saturated rings. The number of aryl methyl sites for hydroxylation is 1. The van der Waals surface area contributed by atoms with Crippen molar-refractivity contribution in [2.75, 3.05) is 6.61 Å². The molecule has 4 nitrogen and oxygen atoms in total. The van der Waals surface area contributed by atoms with Gasteiger partial charge in [0.2, 0.25) is 0 Å². The Hall–Kier alpha value is -0.870. The average molecular weight is 183 g/mol. The van der Waals surface area contributed by atoms with E-state index in [1.54, 1.807) is 6.20 Å². The minimum absolute atomic E-state index is 0.0566. The fourth-order valence-electron chi connectivity index (χ4n) is 1.12. The van der Waals surface area contributed by atoms with Gasteiger partial charge < -0.3 is 15.4 Å².